The lowest BCUT2D eigenvalue weighted by atomic mass is 10.1. The van der Waals surface area contributed by atoms with Crippen LogP contribution in [-0.2, 0) is 14.9 Å². The van der Waals surface area contributed by atoms with Crippen molar-refractivity contribution >= 4 is 22.2 Å². The molecule has 0 N–H and O–H groups in total. The monoisotopic (exact) mass is 376 g/mol. The number of allylic oxidation sites excluding steroid dienone is 1. The number of benzene rings is 2. The molecule has 7 heteroatoms. The predicted molar refractivity (Wildman–Crippen MR) is 98.0 cm³/mol. The van der Waals surface area contributed by atoms with Gasteiger partial charge in [0.25, 0.3) is 0 Å². The van der Waals surface area contributed by atoms with E-state index in [1.807, 2.05) is 19.1 Å². The van der Waals surface area contributed by atoms with Gasteiger partial charge >= 0.3 is 16.1 Å². The molecule has 0 aromatic heterocycles. The number of hydrogen-bond donors (Lipinski definition) is 0. The molecular weight excluding hydrogens is 356 g/mol. The standard InChI is InChI=1S/C19H20O6S/c1-5-6-14-7-9-16(17(12-14)23-3)25-26(21,22)18-10-8-15(11-13(18)2)19(20)24-4/h5-12H,1-4H3/b6-5+. The molecule has 0 amide bonds. The van der Waals surface area contributed by atoms with E-state index in [2.05, 4.69) is 4.74 Å². The van der Waals surface area contributed by atoms with E-state index in [-0.39, 0.29) is 16.2 Å². The van der Waals surface area contributed by atoms with Gasteiger partial charge in [0.15, 0.2) is 11.5 Å². The van der Waals surface area contributed by atoms with Gasteiger partial charge in [-0.2, -0.15) is 8.42 Å². The van der Waals surface area contributed by atoms with Gasteiger partial charge in [-0.25, -0.2) is 4.79 Å². The Morgan fingerprint density at radius 1 is 1.04 bits per heavy atom. The number of aryl methyl sites for hydroxylation is 1. The maximum absolute atomic E-state index is 12.6. The van der Waals surface area contributed by atoms with Crippen molar-refractivity contribution in [2.75, 3.05) is 14.2 Å². The van der Waals surface area contributed by atoms with Crippen LogP contribution in [0.4, 0.5) is 0 Å². The Bertz CT molecular complexity index is 944. The number of carbonyl (C=O) groups excluding carboxylic acids is 1. The van der Waals surface area contributed by atoms with Crippen LogP contribution < -0.4 is 8.92 Å². The second-order valence-electron chi connectivity index (χ2n) is 5.42. The van der Waals surface area contributed by atoms with Gasteiger partial charge in [-0.05, 0) is 55.3 Å². The molecule has 0 unspecified atom stereocenters. The molecule has 0 bridgehead atoms. The Morgan fingerprint density at radius 2 is 1.77 bits per heavy atom. The highest BCUT2D eigenvalue weighted by molar-refractivity contribution is 7.87. The Balaban J connectivity index is 2.39. The summed E-state index contributed by atoms with van der Waals surface area (Å²) in [5, 5.41) is 0. The SMILES string of the molecule is C/C=C/c1ccc(OS(=O)(=O)c2ccc(C(=O)OC)cc2C)c(OC)c1. The maximum atomic E-state index is 12.6. The molecule has 2 aromatic carbocycles. The van der Waals surface area contributed by atoms with Crippen molar-refractivity contribution < 1.29 is 26.9 Å². The van der Waals surface area contributed by atoms with Crippen LogP contribution in [0.3, 0.4) is 0 Å². The highest BCUT2D eigenvalue weighted by Gasteiger charge is 2.22. The van der Waals surface area contributed by atoms with Gasteiger partial charge in [0.1, 0.15) is 4.90 Å². The van der Waals surface area contributed by atoms with Gasteiger partial charge in [-0.3, -0.25) is 0 Å². The molecule has 2 rings (SSSR count). The average Bonchev–Trinajstić information content (AvgIpc) is 2.61. The van der Waals surface area contributed by atoms with Crippen molar-refractivity contribution in [1.82, 2.24) is 0 Å². The largest absolute Gasteiger partial charge is 0.493 e. The molecule has 0 spiro atoms. The van der Waals surface area contributed by atoms with E-state index >= 15 is 0 Å². The molecule has 0 aliphatic heterocycles. The highest BCUT2D eigenvalue weighted by Crippen LogP contribution is 2.32. The average molecular weight is 376 g/mol. The minimum absolute atomic E-state index is 0.0373. The van der Waals surface area contributed by atoms with Crippen molar-refractivity contribution in [2.24, 2.45) is 0 Å². The Morgan fingerprint density at radius 3 is 2.35 bits per heavy atom. The summed E-state index contributed by atoms with van der Waals surface area (Å²) in [5.74, 6) is -0.163. The Labute approximate surface area is 153 Å². The molecule has 2 aromatic rings. The van der Waals surface area contributed by atoms with Crippen molar-refractivity contribution in [3.63, 3.8) is 0 Å². The van der Waals surface area contributed by atoms with E-state index in [1.54, 1.807) is 19.1 Å². The summed E-state index contributed by atoms with van der Waals surface area (Å²) in [6.07, 6.45) is 3.72. The lowest BCUT2D eigenvalue weighted by Gasteiger charge is -2.13. The summed E-state index contributed by atoms with van der Waals surface area (Å²) in [6, 6.07) is 9.07. The first-order chi connectivity index (χ1) is 12.3. The van der Waals surface area contributed by atoms with E-state index in [0.717, 1.165) is 5.56 Å². The van der Waals surface area contributed by atoms with Crippen LogP contribution in [0.25, 0.3) is 6.08 Å². The summed E-state index contributed by atoms with van der Waals surface area (Å²) < 4.78 is 40.4. The van der Waals surface area contributed by atoms with Crippen molar-refractivity contribution in [2.45, 2.75) is 18.7 Å². The minimum atomic E-state index is -4.10. The number of ether oxygens (including phenoxy) is 2. The lowest BCUT2D eigenvalue weighted by molar-refractivity contribution is 0.0600. The molecule has 0 aliphatic rings. The first kappa shape index (κ1) is 19.5. The zero-order valence-corrected chi connectivity index (χ0v) is 15.8. The zero-order chi connectivity index (χ0) is 19.3. The Kier molecular flexibility index (Phi) is 6.05. The quantitative estimate of drug-likeness (QED) is 0.566. The number of carbonyl (C=O) groups is 1. The van der Waals surface area contributed by atoms with Gasteiger partial charge in [-0.1, -0.05) is 18.2 Å². The first-order valence-electron chi connectivity index (χ1n) is 7.76. The lowest BCUT2D eigenvalue weighted by Crippen LogP contribution is -2.13. The number of methoxy groups -OCH3 is 2. The topological polar surface area (TPSA) is 78.9 Å². The van der Waals surface area contributed by atoms with Crippen LogP contribution in [0.2, 0.25) is 0 Å². The molecule has 0 fully saturated rings. The van der Waals surface area contributed by atoms with E-state index < -0.39 is 16.1 Å². The molecule has 0 saturated heterocycles. The molecule has 0 aliphatic carbocycles. The second kappa shape index (κ2) is 8.05. The van der Waals surface area contributed by atoms with Gasteiger partial charge < -0.3 is 13.7 Å². The van der Waals surface area contributed by atoms with E-state index in [4.69, 9.17) is 8.92 Å². The fourth-order valence-electron chi connectivity index (χ4n) is 2.39. The van der Waals surface area contributed by atoms with E-state index in [0.29, 0.717) is 11.3 Å². The summed E-state index contributed by atoms with van der Waals surface area (Å²) in [5.41, 5.74) is 1.49. The predicted octanol–water partition coefficient (Wildman–Crippen LogP) is 3.59. The number of hydrogen-bond acceptors (Lipinski definition) is 6. The van der Waals surface area contributed by atoms with Crippen LogP contribution in [0.5, 0.6) is 11.5 Å². The molecular formula is C19H20O6S. The fourth-order valence-corrected chi connectivity index (χ4v) is 3.54. The summed E-state index contributed by atoms with van der Waals surface area (Å²) in [6.45, 7) is 3.46. The van der Waals surface area contributed by atoms with Crippen LogP contribution in [0.15, 0.2) is 47.4 Å². The third kappa shape index (κ3) is 4.23. The highest BCUT2D eigenvalue weighted by atomic mass is 32.2. The molecule has 138 valence electrons. The van der Waals surface area contributed by atoms with Crippen molar-refractivity contribution in [1.29, 1.82) is 0 Å². The van der Waals surface area contributed by atoms with Crippen LogP contribution >= 0.6 is 0 Å². The van der Waals surface area contributed by atoms with E-state index in [1.165, 1.54) is 38.5 Å². The van der Waals surface area contributed by atoms with Gasteiger partial charge in [-0.15, -0.1) is 0 Å². The smallest absolute Gasteiger partial charge is 0.339 e. The molecule has 26 heavy (non-hydrogen) atoms. The second-order valence-corrected chi connectivity index (χ2v) is 6.93. The van der Waals surface area contributed by atoms with Crippen molar-refractivity contribution in [3.8, 4) is 11.5 Å². The number of rotatable bonds is 6. The summed E-state index contributed by atoms with van der Waals surface area (Å²) in [4.78, 5) is 11.5. The Hall–Kier alpha value is -2.80. The fraction of sp³-hybridized carbons (Fsp3) is 0.211. The molecule has 6 nitrogen and oxygen atoms in total. The van der Waals surface area contributed by atoms with Gasteiger partial charge in [0.05, 0.1) is 19.8 Å². The maximum Gasteiger partial charge on any atom is 0.339 e. The molecule has 0 saturated carbocycles. The van der Waals surface area contributed by atoms with Crippen LogP contribution in [-0.4, -0.2) is 28.6 Å². The summed E-state index contributed by atoms with van der Waals surface area (Å²) in [7, 11) is -1.41. The first-order valence-corrected chi connectivity index (χ1v) is 9.17. The third-order valence-electron chi connectivity index (χ3n) is 3.61. The van der Waals surface area contributed by atoms with Crippen LogP contribution in [0, 0.1) is 6.92 Å². The minimum Gasteiger partial charge on any atom is -0.493 e. The van der Waals surface area contributed by atoms with E-state index in [9.17, 15) is 13.2 Å². The molecule has 0 heterocycles. The van der Waals surface area contributed by atoms with Gasteiger partial charge in [0.2, 0.25) is 0 Å². The zero-order valence-electron chi connectivity index (χ0n) is 15.0. The third-order valence-corrected chi connectivity index (χ3v) is 5.01. The van der Waals surface area contributed by atoms with Crippen molar-refractivity contribution in [3.05, 3.63) is 59.2 Å². The number of esters is 1. The molecule has 0 radical (unpaired) electrons. The molecule has 0 atom stereocenters. The van der Waals surface area contributed by atoms with Crippen LogP contribution in [0.1, 0.15) is 28.4 Å². The summed E-state index contributed by atoms with van der Waals surface area (Å²) >= 11 is 0. The normalized spacial score (nSPS) is 11.4. The van der Waals surface area contributed by atoms with Gasteiger partial charge in [0, 0.05) is 0 Å².